The van der Waals surface area contributed by atoms with Gasteiger partial charge in [0.15, 0.2) is 18.1 Å². The van der Waals surface area contributed by atoms with Crippen molar-refractivity contribution in [3.63, 3.8) is 0 Å². The van der Waals surface area contributed by atoms with Gasteiger partial charge in [0.05, 0.1) is 20.6 Å². The summed E-state index contributed by atoms with van der Waals surface area (Å²) in [4.78, 5) is 38.1. The molecule has 0 spiro atoms. The number of benzene rings is 2. The fraction of sp³-hybridized carbons (Fsp3) is 0.348. The molecule has 0 aliphatic rings. The number of amides is 2. The average molecular weight is 428 g/mol. The smallest absolute Gasteiger partial charge is 0.310 e. The summed E-state index contributed by atoms with van der Waals surface area (Å²) in [6.07, 6.45) is -0.00417. The lowest BCUT2D eigenvalue weighted by atomic mass is 10.1. The molecule has 166 valence electrons. The van der Waals surface area contributed by atoms with Crippen LogP contribution in [0, 0.1) is 0 Å². The van der Waals surface area contributed by atoms with Gasteiger partial charge in [0.25, 0.3) is 11.8 Å². The van der Waals surface area contributed by atoms with Crippen molar-refractivity contribution in [2.24, 2.45) is 0 Å². The molecule has 0 heterocycles. The highest BCUT2D eigenvalue weighted by molar-refractivity contribution is 5.96. The highest BCUT2D eigenvalue weighted by Crippen LogP contribution is 2.27. The summed E-state index contributed by atoms with van der Waals surface area (Å²) in [6.45, 7) is 4.68. The molecule has 31 heavy (non-hydrogen) atoms. The molecule has 0 radical (unpaired) electrons. The Morgan fingerprint density at radius 1 is 0.903 bits per heavy atom. The third-order valence-corrected chi connectivity index (χ3v) is 4.63. The topological polar surface area (TPSA) is 94.2 Å². The fourth-order valence-electron chi connectivity index (χ4n) is 2.94. The summed E-state index contributed by atoms with van der Waals surface area (Å²) in [5.41, 5.74) is 1.73. The van der Waals surface area contributed by atoms with Crippen molar-refractivity contribution < 1.29 is 28.6 Å². The van der Waals surface area contributed by atoms with E-state index in [0.29, 0.717) is 41.4 Å². The Labute approximate surface area is 182 Å². The van der Waals surface area contributed by atoms with E-state index in [9.17, 15) is 14.4 Å². The molecule has 8 heteroatoms. The van der Waals surface area contributed by atoms with E-state index >= 15 is 0 Å². The molecule has 0 saturated carbocycles. The number of hydrogen-bond acceptors (Lipinski definition) is 6. The van der Waals surface area contributed by atoms with Crippen LogP contribution < -0.4 is 14.8 Å². The van der Waals surface area contributed by atoms with E-state index in [-0.39, 0.29) is 12.3 Å². The zero-order chi connectivity index (χ0) is 22.8. The van der Waals surface area contributed by atoms with E-state index in [0.717, 1.165) is 0 Å². The summed E-state index contributed by atoms with van der Waals surface area (Å²) >= 11 is 0. The minimum atomic E-state index is -0.539. The molecule has 0 aromatic heterocycles. The van der Waals surface area contributed by atoms with E-state index in [1.807, 2.05) is 13.8 Å². The van der Waals surface area contributed by atoms with Gasteiger partial charge in [-0.2, -0.15) is 0 Å². The maximum absolute atomic E-state index is 12.3. The molecule has 0 aliphatic heterocycles. The second kappa shape index (κ2) is 11.6. The van der Waals surface area contributed by atoms with Crippen molar-refractivity contribution in [3.05, 3.63) is 53.6 Å². The predicted octanol–water partition coefficient (Wildman–Crippen LogP) is 2.91. The van der Waals surface area contributed by atoms with Gasteiger partial charge in [-0.25, -0.2) is 0 Å². The van der Waals surface area contributed by atoms with Crippen LogP contribution in [-0.2, 0) is 20.7 Å². The van der Waals surface area contributed by atoms with Crippen LogP contribution in [0.5, 0.6) is 11.5 Å². The van der Waals surface area contributed by atoms with Gasteiger partial charge >= 0.3 is 5.97 Å². The van der Waals surface area contributed by atoms with Gasteiger partial charge in [-0.3, -0.25) is 14.4 Å². The van der Waals surface area contributed by atoms with Crippen LogP contribution in [0.2, 0.25) is 0 Å². The molecule has 0 atom stereocenters. The number of carbonyl (C=O) groups excluding carboxylic acids is 3. The maximum atomic E-state index is 12.3. The first-order valence-electron chi connectivity index (χ1n) is 9.97. The van der Waals surface area contributed by atoms with Crippen LogP contribution in [0.25, 0.3) is 0 Å². The predicted molar refractivity (Wildman–Crippen MR) is 117 cm³/mol. The molecule has 2 aromatic carbocycles. The van der Waals surface area contributed by atoms with Gasteiger partial charge in [0, 0.05) is 24.3 Å². The van der Waals surface area contributed by atoms with Crippen molar-refractivity contribution in [3.8, 4) is 11.5 Å². The Morgan fingerprint density at radius 3 is 2.13 bits per heavy atom. The quantitative estimate of drug-likeness (QED) is 0.585. The van der Waals surface area contributed by atoms with Crippen LogP contribution in [0.3, 0.4) is 0 Å². The first-order chi connectivity index (χ1) is 14.9. The van der Waals surface area contributed by atoms with E-state index < -0.39 is 18.5 Å². The van der Waals surface area contributed by atoms with Crippen LogP contribution in [0.4, 0.5) is 5.69 Å². The molecule has 0 aliphatic carbocycles. The molecular weight excluding hydrogens is 400 g/mol. The summed E-state index contributed by atoms with van der Waals surface area (Å²) in [5, 5.41) is 2.64. The molecule has 0 saturated heterocycles. The average Bonchev–Trinajstić information content (AvgIpc) is 2.78. The molecule has 0 fully saturated rings. The first-order valence-corrected chi connectivity index (χ1v) is 9.97. The maximum Gasteiger partial charge on any atom is 0.310 e. The normalized spacial score (nSPS) is 10.2. The van der Waals surface area contributed by atoms with E-state index in [1.54, 1.807) is 47.4 Å². The molecule has 2 aromatic rings. The minimum absolute atomic E-state index is 0.00417. The van der Waals surface area contributed by atoms with Crippen LogP contribution in [0.15, 0.2) is 42.5 Å². The van der Waals surface area contributed by atoms with Crippen molar-refractivity contribution in [1.82, 2.24) is 4.90 Å². The largest absolute Gasteiger partial charge is 0.493 e. The lowest BCUT2D eigenvalue weighted by molar-refractivity contribution is -0.146. The Hall–Kier alpha value is -3.55. The number of hydrogen-bond donors (Lipinski definition) is 1. The summed E-state index contributed by atoms with van der Waals surface area (Å²) < 4.78 is 15.4. The highest BCUT2D eigenvalue weighted by atomic mass is 16.5. The van der Waals surface area contributed by atoms with Crippen LogP contribution in [-0.4, -0.2) is 56.6 Å². The van der Waals surface area contributed by atoms with Crippen molar-refractivity contribution in [2.75, 3.05) is 39.2 Å². The zero-order valence-electron chi connectivity index (χ0n) is 18.3. The minimum Gasteiger partial charge on any atom is -0.493 e. The summed E-state index contributed by atoms with van der Waals surface area (Å²) in [5.74, 6) is -0.00439. The fourth-order valence-corrected chi connectivity index (χ4v) is 2.94. The second-order valence-corrected chi connectivity index (χ2v) is 6.63. The van der Waals surface area contributed by atoms with Crippen molar-refractivity contribution in [2.45, 2.75) is 20.3 Å². The van der Waals surface area contributed by atoms with Gasteiger partial charge in [-0.1, -0.05) is 6.07 Å². The molecule has 0 unspecified atom stereocenters. The Kier molecular flexibility index (Phi) is 8.87. The third kappa shape index (κ3) is 6.74. The molecule has 0 bridgehead atoms. The van der Waals surface area contributed by atoms with Crippen LogP contribution in [0.1, 0.15) is 29.8 Å². The van der Waals surface area contributed by atoms with E-state index in [4.69, 9.17) is 14.2 Å². The van der Waals surface area contributed by atoms with Crippen molar-refractivity contribution in [1.29, 1.82) is 0 Å². The van der Waals surface area contributed by atoms with E-state index in [2.05, 4.69) is 5.32 Å². The first kappa shape index (κ1) is 23.7. The zero-order valence-corrected chi connectivity index (χ0v) is 18.3. The monoisotopic (exact) mass is 428 g/mol. The third-order valence-electron chi connectivity index (χ3n) is 4.63. The lowest BCUT2D eigenvalue weighted by Crippen LogP contribution is -2.30. The van der Waals surface area contributed by atoms with Crippen molar-refractivity contribution >= 4 is 23.5 Å². The molecule has 2 amide bonds. The number of carbonyl (C=O) groups is 3. The lowest BCUT2D eigenvalue weighted by Gasteiger charge is -2.18. The van der Waals surface area contributed by atoms with Gasteiger partial charge in [0.2, 0.25) is 0 Å². The Bertz CT molecular complexity index is 907. The number of anilines is 1. The molecule has 1 N–H and O–H groups in total. The number of rotatable bonds is 10. The second-order valence-electron chi connectivity index (χ2n) is 6.63. The number of nitrogens with zero attached hydrogens (tertiary/aromatic N) is 1. The Balaban J connectivity index is 1.85. The molecular formula is C23H28N2O6. The number of nitrogens with one attached hydrogen (secondary N) is 1. The molecule has 2 rings (SSSR count). The Morgan fingerprint density at radius 2 is 1.55 bits per heavy atom. The van der Waals surface area contributed by atoms with Crippen LogP contribution >= 0.6 is 0 Å². The van der Waals surface area contributed by atoms with E-state index in [1.165, 1.54) is 14.2 Å². The molecule has 8 nitrogen and oxygen atoms in total. The number of esters is 1. The van der Waals surface area contributed by atoms with Gasteiger partial charge in [0.1, 0.15) is 0 Å². The highest BCUT2D eigenvalue weighted by Gasteiger charge is 2.14. The SMILES string of the molecule is CCN(CC)C(=O)c1ccc(NC(=O)COC(=O)Cc2ccc(OC)c(OC)c2)cc1. The van der Waals surface area contributed by atoms with Gasteiger partial charge in [-0.15, -0.1) is 0 Å². The number of methoxy groups -OCH3 is 2. The van der Waals surface area contributed by atoms with Gasteiger partial charge < -0.3 is 24.4 Å². The number of ether oxygens (including phenoxy) is 3. The summed E-state index contributed by atoms with van der Waals surface area (Å²) in [6, 6.07) is 11.7. The van der Waals surface area contributed by atoms with Gasteiger partial charge in [-0.05, 0) is 55.8 Å². The summed E-state index contributed by atoms with van der Waals surface area (Å²) in [7, 11) is 3.04. The standard InChI is InChI=1S/C23H28N2O6/c1-5-25(6-2)23(28)17-8-10-18(11-9-17)24-21(26)15-31-22(27)14-16-7-12-19(29-3)20(13-16)30-4/h7-13H,5-6,14-15H2,1-4H3,(H,24,26).